The minimum atomic E-state index is -4.71. The molecule has 3 saturated heterocycles. The molecule has 4 aromatic rings. The quantitative estimate of drug-likeness (QED) is 0.202. The molecule has 322 valence electrons. The molecule has 0 radical (unpaired) electrons. The highest BCUT2D eigenvalue weighted by atomic mass is 19.4. The number of hydrogen-bond acceptors (Lipinski definition) is 11. The summed E-state index contributed by atoms with van der Waals surface area (Å²) >= 11 is 0. The van der Waals surface area contributed by atoms with Gasteiger partial charge in [0.25, 0.3) is 17.7 Å². The number of piperazine rings is 1. The molecular formula is C43H48F3N9O6. The van der Waals surface area contributed by atoms with Crippen LogP contribution in [-0.4, -0.2) is 122 Å². The number of rotatable bonds is 9. The Balaban J connectivity index is 0.869. The van der Waals surface area contributed by atoms with Crippen LogP contribution in [0.1, 0.15) is 102 Å². The third kappa shape index (κ3) is 8.35. The zero-order valence-corrected chi connectivity index (χ0v) is 34.4. The van der Waals surface area contributed by atoms with Crippen molar-refractivity contribution in [2.45, 2.75) is 82.8 Å². The lowest BCUT2D eigenvalue weighted by Gasteiger charge is -2.47. The fraction of sp³-hybridized carbons (Fsp3) is 0.465. The Morgan fingerprint density at radius 3 is 2.26 bits per heavy atom. The third-order valence-electron chi connectivity index (χ3n) is 12.3. The molecule has 1 atom stereocenters. The van der Waals surface area contributed by atoms with Gasteiger partial charge in [-0.15, -0.1) is 0 Å². The molecule has 2 aromatic heterocycles. The predicted octanol–water partition coefficient (Wildman–Crippen LogP) is 4.57. The first-order chi connectivity index (χ1) is 28.8. The normalized spacial score (nSPS) is 20.1. The number of amides is 5. The van der Waals surface area contributed by atoms with Crippen molar-refractivity contribution in [1.82, 2.24) is 34.8 Å². The summed E-state index contributed by atoms with van der Waals surface area (Å²) in [6.45, 7) is 13.2. The van der Waals surface area contributed by atoms with Gasteiger partial charge in [-0.25, -0.2) is 4.98 Å². The van der Waals surface area contributed by atoms with Crippen molar-refractivity contribution in [1.29, 1.82) is 0 Å². The molecule has 2 aromatic carbocycles. The van der Waals surface area contributed by atoms with Gasteiger partial charge in [0.05, 0.1) is 28.3 Å². The first-order valence-corrected chi connectivity index (χ1v) is 20.5. The van der Waals surface area contributed by atoms with Crippen LogP contribution in [0.5, 0.6) is 0 Å². The van der Waals surface area contributed by atoms with Crippen LogP contribution in [-0.2, 0) is 21.4 Å². The lowest BCUT2D eigenvalue weighted by molar-refractivity contribution is -0.141. The summed E-state index contributed by atoms with van der Waals surface area (Å²) in [4.78, 5) is 75.4. The predicted molar refractivity (Wildman–Crippen MR) is 218 cm³/mol. The highest BCUT2D eigenvalue weighted by molar-refractivity contribution is 6.23. The van der Waals surface area contributed by atoms with Crippen LogP contribution >= 0.6 is 0 Å². The summed E-state index contributed by atoms with van der Waals surface area (Å²) in [7, 11) is 0. The minimum Gasteiger partial charge on any atom is -0.386 e. The van der Waals surface area contributed by atoms with Gasteiger partial charge in [-0.05, 0) is 89.4 Å². The SMILES string of the molecule is CC(C)(O)c1cc2nn(C3CCN(CC(C)(C)N4CCN(c5ccc6c(c5)C(=O)N(C5CCC(=O)NC5=O)C6=O)CC4)CC3)cc2cc1NC(=O)c1cccc(C(F)(F)F)n1. The average molecular weight is 844 g/mol. The Bertz CT molecular complexity index is 2430. The fourth-order valence-corrected chi connectivity index (χ4v) is 9.01. The van der Waals surface area contributed by atoms with E-state index < -0.39 is 58.7 Å². The van der Waals surface area contributed by atoms with Gasteiger partial charge in [0.2, 0.25) is 11.8 Å². The number of anilines is 2. The van der Waals surface area contributed by atoms with E-state index in [1.807, 2.05) is 16.9 Å². The maximum absolute atomic E-state index is 13.4. The Labute approximate surface area is 349 Å². The number of imide groups is 2. The maximum Gasteiger partial charge on any atom is 0.433 e. The smallest absolute Gasteiger partial charge is 0.386 e. The lowest BCUT2D eigenvalue weighted by atomic mass is 9.95. The van der Waals surface area contributed by atoms with Gasteiger partial charge in [0, 0.05) is 86.3 Å². The van der Waals surface area contributed by atoms with Gasteiger partial charge in [-0.1, -0.05) is 6.07 Å². The largest absolute Gasteiger partial charge is 0.433 e. The second-order valence-corrected chi connectivity index (χ2v) is 17.5. The van der Waals surface area contributed by atoms with Crippen molar-refractivity contribution in [3.05, 3.63) is 82.8 Å². The van der Waals surface area contributed by atoms with Gasteiger partial charge in [-0.2, -0.15) is 18.3 Å². The number of aromatic nitrogens is 3. The Kier molecular flexibility index (Phi) is 10.8. The number of pyridine rings is 1. The number of carbonyl (C=O) groups is 5. The summed E-state index contributed by atoms with van der Waals surface area (Å²) in [6.07, 6.45) is -0.941. The summed E-state index contributed by atoms with van der Waals surface area (Å²) in [5.41, 5.74) is -0.533. The molecule has 4 aliphatic heterocycles. The number of aliphatic hydroxyl groups is 1. The van der Waals surface area contributed by atoms with E-state index in [4.69, 9.17) is 5.10 Å². The standard InChI is InChI=1S/C43H48F3N9O6/c1-41(2,53-18-16-52(17-19-53)27-8-9-28-29(21-27)40(60)55(39(28)59)34-10-11-36(56)49-38(34)58)24-51-14-12-26(13-15-51)54-23-25-20-33(30(42(3,4)61)22-32(25)50-54)48-37(57)31-6-5-7-35(47-31)43(44,45)46/h5-9,20-23,26,34,61H,10-19,24H2,1-4H3,(H,48,57)(H,49,56,58). The van der Waals surface area contributed by atoms with Crippen molar-refractivity contribution >= 4 is 51.8 Å². The van der Waals surface area contributed by atoms with E-state index in [1.54, 1.807) is 38.1 Å². The average Bonchev–Trinajstić information content (AvgIpc) is 3.74. The van der Waals surface area contributed by atoms with Gasteiger partial charge in [-0.3, -0.25) is 43.8 Å². The molecule has 4 aliphatic rings. The summed E-state index contributed by atoms with van der Waals surface area (Å²) < 4.78 is 41.7. The number of hydrogen-bond donors (Lipinski definition) is 3. The summed E-state index contributed by atoms with van der Waals surface area (Å²) in [5.74, 6) is -2.93. The van der Waals surface area contributed by atoms with E-state index in [2.05, 4.69) is 44.2 Å². The zero-order chi connectivity index (χ0) is 43.6. The Hall–Kier alpha value is -5.72. The maximum atomic E-state index is 13.4. The first kappa shape index (κ1) is 42.0. The van der Waals surface area contributed by atoms with Crippen molar-refractivity contribution in [3.63, 3.8) is 0 Å². The molecular weight excluding hydrogens is 796 g/mol. The molecule has 0 saturated carbocycles. The molecule has 3 fully saturated rings. The molecule has 8 rings (SSSR count). The Morgan fingerprint density at radius 2 is 1.59 bits per heavy atom. The third-order valence-corrected chi connectivity index (χ3v) is 12.3. The molecule has 6 heterocycles. The van der Waals surface area contributed by atoms with Crippen molar-refractivity contribution < 1.29 is 42.3 Å². The number of carbonyl (C=O) groups excluding carboxylic acids is 5. The van der Waals surface area contributed by atoms with Crippen molar-refractivity contribution in [2.24, 2.45) is 0 Å². The second-order valence-electron chi connectivity index (χ2n) is 17.5. The van der Waals surface area contributed by atoms with Crippen molar-refractivity contribution in [3.8, 4) is 0 Å². The first-order valence-electron chi connectivity index (χ1n) is 20.5. The van der Waals surface area contributed by atoms with Crippen LogP contribution in [0.2, 0.25) is 0 Å². The number of piperidine rings is 2. The van der Waals surface area contributed by atoms with Crippen LogP contribution in [0, 0.1) is 0 Å². The van der Waals surface area contributed by atoms with Gasteiger partial charge in [0.1, 0.15) is 17.4 Å². The van der Waals surface area contributed by atoms with E-state index in [0.717, 1.165) is 81.4 Å². The number of nitrogens with one attached hydrogen (secondary N) is 2. The minimum absolute atomic E-state index is 0.0649. The van der Waals surface area contributed by atoms with Crippen LogP contribution in [0.4, 0.5) is 24.5 Å². The van der Waals surface area contributed by atoms with Gasteiger partial charge in [0.15, 0.2) is 0 Å². The van der Waals surface area contributed by atoms with Crippen LogP contribution in [0.15, 0.2) is 54.7 Å². The van der Waals surface area contributed by atoms with Crippen LogP contribution in [0.25, 0.3) is 10.9 Å². The summed E-state index contributed by atoms with van der Waals surface area (Å²) in [5, 5.41) is 21.4. The highest BCUT2D eigenvalue weighted by Gasteiger charge is 2.45. The van der Waals surface area contributed by atoms with E-state index in [0.29, 0.717) is 16.5 Å². The second kappa shape index (κ2) is 15.6. The number of halogens is 3. The Morgan fingerprint density at radius 1 is 0.885 bits per heavy atom. The number of alkyl halides is 3. The molecule has 5 amide bonds. The fourth-order valence-electron chi connectivity index (χ4n) is 9.01. The molecule has 0 aliphatic carbocycles. The number of benzene rings is 2. The van der Waals surface area contributed by atoms with Crippen LogP contribution in [0.3, 0.4) is 0 Å². The highest BCUT2D eigenvalue weighted by Crippen LogP contribution is 2.35. The molecule has 0 bridgehead atoms. The molecule has 15 nitrogen and oxygen atoms in total. The molecule has 61 heavy (non-hydrogen) atoms. The van der Waals surface area contributed by atoms with Crippen LogP contribution < -0.4 is 15.5 Å². The van der Waals surface area contributed by atoms with E-state index in [-0.39, 0.29) is 41.2 Å². The topological polar surface area (TPSA) is 173 Å². The molecule has 0 spiro atoms. The van der Waals surface area contributed by atoms with Crippen molar-refractivity contribution in [2.75, 3.05) is 56.0 Å². The van der Waals surface area contributed by atoms with E-state index in [9.17, 15) is 42.3 Å². The van der Waals surface area contributed by atoms with Gasteiger partial charge >= 0.3 is 6.18 Å². The number of fused-ring (bicyclic) bond motifs is 2. The number of nitrogens with zero attached hydrogens (tertiary/aromatic N) is 7. The number of likely N-dealkylation sites (tertiary alicyclic amines) is 1. The van der Waals surface area contributed by atoms with Gasteiger partial charge < -0.3 is 20.2 Å². The molecule has 3 N–H and O–H groups in total. The molecule has 1 unspecified atom stereocenters. The van der Waals surface area contributed by atoms with E-state index >= 15 is 0 Å². The molecule has 18 heteroatoms. The lowest BCUT2D eigenvalue weighted by Crippen LogP contribution is -2.59. The van der Waals surface area contributed by atoms with E-state index in [1.165, 1.54) is 6.07 Å². The monoisotopic (exact) mass is 843 g/mol. The zero-order valence-electron chi connectivity index (χ0n) is 34.4. The summed E-state index contributed by atoms with van der Waals surface area (Å²) in [6, 6.07) is 10.8.